The molecule has 2 fully saturated rings. The molecule has 11 heteroatoms. The lowest BCUT2D eigenvalue weighted by molar-refractivity contribution is -0.384. The van der Waals surface area contributed by atoms with Crippen LogP contribution in [0.3, 0.4) is 0 Å². The number of nitro benzene ring substituents is 1. The molecule has 0 bridgehead atoms. The molecule has 1 aliphatic heterocycles. The molecule has 31 heavy (non-hydrogen) atoms. The maximum Gasteiger partial charge on any atom is 0.282 e. The second-order valence-electron chi connectivity index (χ2n) is 8.20. The van der Waals surface area contributed by atoms with E-state index in [9.17, 15) is 23.3 Å². The van der Waals surface area contributed by atoms with Crippen molar-refractivity contribution in [2.75, 3.05) is 33.2 Å². The molecular formula is C20H27N5O5S. The fourth-order valence-electron chi connectivity index (χ4n) is 4.51. The van der Waals surface area contributed by atoms with Gasteiger partial charge in [-0.2, -0.15) is 17.0 Å². The number of aromatic nitrogens is 1. The molecule has 10 nitrogen and oxygen atoms in total. The summed E-state index contributed by atoms with van der Waals surface area (Å²) in [6.07, 6.45) is 6.59. The smallest absolute Gasteiger partial charge is 0.282 e. The zero-order chi connectivity index (χ0) is 22.2. The summed E-state index contributed by atoms with van der Waals surface area (Å²) in [5, 5.41) is 11.6. The van der Waals surface area contributed by atoms with E-state index in [1.807, 2.05) is 0 Å². The van der Waals surface area contributed by atoms with E-state index in [0.29, 0.717) is 16.5 Å². The minimum atomic E-state index is -3.57. The van der Waals surface area contributed by atoms with Crippen molar-refractivity contribution in [2.45, 2.75) is 38.1 Å². The van der Waals surface area contributed by atoms with Crippen molar-refractivity contribution in [2.24, 2.45) is 0 Å². The summed E-state index contributed by atoms with van der Waals surface area (Å²) in [5.41, 5.74) is 0.918. The van der Waals surface area contributed by atoms with Gasteiger partial charge in [-0.3, -0.25) is 14.9 Å². The van der Waals surface area contributed by atoms with Gasteiger partial charge in [0.1, 0.15) is 0 Å². The number of carbonyl (C=O) groups excluding carboxylic acids is 1. The molecule has 1 saturated carbocycles. The van der Waals surface area contributed by atoms with Gasteiger partial charge in [0.05, 0.1) is 10.5 Å². The van der Waals surface area contributed by atoms with Crippen molar-refractivity contribution in [3.63, 3.8) is 0 Å². The van der Waals surface area contributed by atoms with Gasteiger partial charge < -0.3 is 9.88 Å². The Labute approximate surface area is 181 Å². The van der Waals surface area contributed by atoms with Gasteiger partial charge in [-0.1, -0.05) is 19.3 Å². The summed E-state index contributed by atoms with van der Waals surface area (Å²) in [6, 6.07) is 4.40. The van der Waals surface area contributed by atoms with Crippen molar-refractivity contribution in [3.05, 3.63) is 40.1 Å². The number of rotatable bonds is 5. The Morgan fingerprint density at radius 2 is 1.84 bits per heavy atom. The number of amides is 1. The van der Waals surface area contributed by atoms with Crippen molar-refractivity contribution in [3.8, 4) is 0 Å². The van der Waals surface area contributed by atoms with Crippen molar-refractivity contribution < 1.29 is 18.1 Å². The Balaban J connectivity index is 1.45. The minimum absolute atomic E-state index is 0.0421. The normalized spacial score (nSPS) is 19.2. The number of non-ortho nitro benzene ring substituents is 1. The number of hydrogen-bond donors (Lipinski definition) is 1. The van der Waals surface area contributed by atoms with E-state index in [4.69, 9.17) is 0 Å². The predicted octanol–water partition coefficient (Wildman–Crippen LogP) is 2.34. The number of hydrogen-bond acceptors (Lipinski definition) is 5. The molecule has 4 rings (SSSR count). The van der Waals surface area contributed by atoms with Gasteiger partial charge in [0.2, 0.25) is 0 Å². The molecule has 1 aromatic carbocycles. The maximum absolute atomic E-state index is 13.1. The highest BCUT2D eigenvalue weighted by Gasteiger charge is 2.35. The quantitative estimate of drug-likeness (QED) is 0.555. The number of fused-ring (bicyclic) bond motifs is 1. The Kier molecular flexibility index (Phi) is 6.00. The third kappa shape index (κ3) is 4.17. The second-order valence-corrected chi connectivity index (χ2v) is 10.2. The maximum atomic E-state index is 13.1. The summed E-state index contributed by atoms with van der Waals surface area (Å²) in [4.78, 5) is 28.2. The molecule has 0 unspecified atom stereocenters. The molecule has 1 aliphatic carbocycles. The minimum Gasteiger partial charge on any atom is -0.360 e. The molecule has 0 radical (unpaired) electrons. The number of nitrogens with zero attached hydrogens (tertiary/aromatic N) is 4. The summed E-state index contributed by atoms with van der Waals surface area (Å²) >= 11 is 0. The summed E-state index contributed by atoms with van der Waals surface area (Å²) in [5.74, 6) is -0.260. The van der Waals surface area contributed by atoms with E-state index in [1.54, 1.807) is 24.2 Å². The SMILES string of the molecule is CN(C1CCCCC1)S(=O)(=O)N1CCN(C(=O)c2c[nH]c3ccc([N+](=O)[O-])cc23)CC1. The molecule has 168 valence electrons. The van der Waals surface area contributed by atoms with Gasteiger partial charge in [-0.15, -0.1) is 0 Å². The van der Waals surface area contributed by atoms with E-state index in [0.717, 1.165) is 32.1 Å². The first-order valence-corrected chi connectivity index (χ1v) is 12.0. The third-order valence-electron chi connectivity index (χ3n) is 6.41. The van der Waals surface area contributed by atoms with Gasteiger partial charge in [0.15, 0.2) is 0 Å². The van der Waals surface area contributed by atoms with Crippen LogP contribution in [-0.4, -0.2) is 77.0 Å². The Hall–Kier alpha value is -2.50. The first-order chi connectivity index (χ1) is 14.8. The molecule has 2 aliphatic rings. The van der Waals surface area contributed by atoms with Crippen LogP contribution in [0, 0.1) is 10.1 Å². The number of aromatic amines is 1. The van der Waals surface area contributed by atoms with E-state index < -0.39 is 15.1 Å². The molecule has 1 saturated heterocycles. The van der Waals surface area contributed by atoms with Gasteiger partial charge in [-0.25, -0.2) is 0 Å². The first kappa shape index (κ1) is 21.7. The molecule has 2 aromatic rings. The number of piperazine rings is 1. The topological polar surface area (TPSA) is 120 Å². The van der Waals surface area contributed by atoms with E-state index in [-0.39, 0.29) is 43.8 Å². The lowest BCUT2D eigenvalue weighted by atomic mass is 9.96. The van der Waals surface area contributed by atoms with Crippen LogP contribution in [0.1, 0.15) is 42.5 Å². The molecule has 1 aromatic heterocycles. The van der Waals surface area contributed by atoms with Gasteiger partial charge in [0.25, 0.3) is 21.8 Å². The van der Waals surface area contributed by atoms with Crippen LogP contribution in [-0.2, 0) is 10.2 Å². The van der Waals surface area contributed by atoms with Crippen LogP contribution < -0.4 is 0 Å². The second kappa shape index (κ2) is 8.56. The molecule has 2 heterocycles. The fourth-order valence-corrected chi connectivity index (χ4v) is 6.08. The van der Waals surface area contributed by atoms with Crippen LogP contribution in [0.15, 0.2) is 24.4 Å². The zero-order valence-corrected chi connectivity index (χ0v) is 18.3. The van der Waals surface area contributed by atoms with Crippen LogP contribution in [0.25, 0.3) is 10.9 Å². The summed E-state index contributed by atoms with van der Waals surface area (Å²) in [7, 11) is -1.91. The average molecular weight is 450 g/mol. The Morgan fingerprint density at radius 1 is 1.16 bits per heavy atom. The molecule has 0 atom stereocenters. The van der Waals surface area contributed by atoms with E-state index >= 15 is 0 Å². The van der Waals surface area contributed by atoms with Gasteiger partial charge >= 0.3 is 0 Å². The first-order valence-electron chi connectivity index (χ1n) is 10.6. The highest BCUT2D eigenvalue weighted by molar-refractivity contribution is 7.86. The number of H-pyrrole nitrogens is 1. The van der Waals surface area contributed by atoms with Crippen LogP contribution in [0.4, 0.5) is 5.69 Å². The number of nitrogens with one attached hydrogen (secondary N) is 1. The van der Waals surface area contributed by atoms with Gasteiger partial charge in [-0.05, 0) is 18.9 Å². The average Bonchev–Trinajstić information content (AvgIpc) is 3.22. The number of benzene rings is 1. The zero-order valence-electron chi connectivity index (χ0n) is 17.5. The molecular weight excluding hydrogens is 422 g/mol. The van der Waals surface area contributed by atoms with Crippen LogP contribution in [0.5, 0.6) is 0 Å². The van der Waals surface area contributed by atoms with E-state index in [2.05, 4.69) is 4.98 Å². The largest absolute Gasteiger partial charge is 0.360 e. The lowest BCUT2D eigenvalue weighted by Gasteiger charge is -2.38. The monoisotopic (exact) mass is 449 g/mol. The van der Waals surface area contributed by atoms with Crippen molar-refractivity contribution >= 4 is 32.7 Å². The van der Waals surface area contributed by atoms with Gasteiger partial charge in [0, 0.05) is 68.5 Å². The highest BCUT2D eigenvalue weighted by Crippen LogP contribution is 2.27. The van der Waals surface area contributed by atoms with Crippen molar-refractivity contribution in [1.29, 1.82) is 0 Å². The lowest BCUT2D eigenvalue weighted by Crippen LogP contribution is -2.55. The molecule has 1 amide bonds. The standard InChI is InChI=1S/C20H27N5O5S/c1-22(15-5-3-2-4-6-15)31(29,30)24-11-9-23(10-12-24)20(26)18-14-21-19-8-7-16(25(27)28)13-17(18)19/h7-8,13-15,21H,2-6,9-12H2,1H3. The van der Waals surface area contributed by atoms with Crippen LogP contribution in [0.2, 0.25) is 0 Å². The van der Waals surface area contributed by atoms with Crippen molar-refractivity contribution in [1.82, 2.24) is 18.5 Å². The Morgan fingerprint density at radius 3 is 2.48 bits per heavy atom. The summed E-state index contributed by atoms with van der Waals surface area (Å²) in [6.45, 7) is 1.01. The molecule has 1 N–H and O–H groups in total. The van der Waals surface area contributed by atoms with Crippen LogP contribution >= 0.6 is 0 Å². The highest BCUT2D eigenvalue weighted by atomic mass is 32.2. The summed E-state index contributed by atoms with van der Waals surface area (Å²) < 4.78 is 29.0. The van der Waals surface area contributed by atoms with E-state index in [1.165, 1.54) is 20.7 Å². The number of carbonyl (C=O) groups is 1. The predicted molar refractivity (Wildman–Crippen MR) is 116 cm³/mol. The number of nitro groups is 1. The molecule has 0 spiro atoms. The fraction of sp³-hybridized carbons (Fsp3) is 0.550. The third-order valence-corrected chi connectivity index (χ3v) is 8.46. The Bertz CT molecular complexity index is 1080.